The Hall–Kier alpha value is -2.54. The molecule has 4 rings (SSSR count). The Labute approximate surface area is 124 Å². The van der Waals surface area contributed by atoms with Gasteiger partial charge in [0.05, 0.1) is 0 Å². The number of fused-ring (bicyclic) bond motifs is 2. The Morgan fingerprint density at radius 2 is 1.57 bits per heavy atom. The van der Waals surface area contributed by atoms with Gasteiger partial charge < -0.3 is 5.32 Å². The molecule has 0 heterocycles. The highest BCUT2D eigenvalue weighted by atomic mass is 14.9. The van der Waals surface area contributed by atoms with E-state index >= 15 is 0 Å². The SMILES string of the molecule is C1=Cc2c(cccc2Nc2cccc3ccccc23)CC1. The maximum atomic E-state index is 3.62. The summed E-state index contributed by atoms with van der Waals surface area (Å²) in [6, 6.07) is 21.4. The van der Waals surface area contributed by atoms with Gasteiger partial charge in [-0.2, -0.15) is 0 Å². The Morgan fingerprint density at radius 1 is 0.762 bits per heavy atom. The molecule has 0 amide bonds. The molecule has 0 spiro atoms. The Bertz CT molecular complexity index is 825. The smallest absolute Gasteiger partial charge is 0.0464 e. The summed E-state index contributed by atoms with van der Waals surface area (Å²) in [7, 11) is 0. The van der Waals surface area contributed by atoms with Gasteiger partial charge >= 0.3 is 0 Å². The fraction of sp³-hybridized carbons (Fsp3) is 0.100. The minimum absolute atomic E-state index is 1.14. The highest BCUT2D eigenvalue weighted by Crippen LogP contribution is 2.31. The van der Waals surface area contributed by atoms with Crippen molar-refractivity contribution in [1.29, 1.82) is 0 Å². The minimum atomic E-state index is 1.14. The molecule has 3 aromatic carbocycles. The van der Waals surface area contributed by atoms with E-state index in [4.69, 9.17) is 0 Å². The number of aryl methyl sites for hydroxylation is 1. The van der Waals surface area contributed by atoms with Gasteiger partial charge in [-0.3, -0.25) is 0 Å². The highest BCUT2D eigenvalue weighted by molar-refractivity contribution is 5.96. The minimum Gasteiger partial charge on any atom is -0.355 e. The van der Waals surface area contributed by atoms with Gasteiger partial charge in [0.15, 0.2) is 0 Å². The van der Waals surface area contributed by atoms with E-state index in [1.54, 1.807) is 0 Å². The van der Waals surface area contributed by atoms with Crippen molar-refractivity contribution in [3.05, 3.63) is 77.9 Å². The molecular formula is C20H17N. The monoisotopic (exact) mass is 271 g/mol. The van der Waals surface area contributed by atoms with Crippen LogP contribution < -0.4 is 5.32 Å². The quantitative estimate of drug-likeness (QED) is 0.645. The molecule has 21 heavy (non-hydrogen) atoms. The van der Waals surface area contributed by atoms with Crippen molar-refractivity contribution in [3.8, 4) is 0 Å². The van der Waals surface area contributed by atoms with Gasteiger partial charge in [0.2, 0.25) is 0 Å². The zero-order chi connectivity index (χ0) is 14.1. The first-order valence-electron chi connectivity index (χ1n) is 7.45. The van der Waals surface area contributed by atoms with E-state index in [0.29, 0.717) is 0 Å². The normalized spacial score (nSPS) is 13.1. The van der Waals surface area contributed by atoms with Gasteiger partial charge in [-0.15, -0.1) is 0 Å². The van der Waals surface area contributed by atoms with Crippen LogP contribution in [0.25, 0.3) is 16.8 Å². The summed E-state index contributed by atoms with van der Waals surface area (Å²) in [5, 5.41) is 6.15. The molecule has 0 saturated carbocycles. The molecule has 0 aliphatic heterocycles. The molecule has 1 aliphatic rings. The number of hydrogen-bond acceptors (Lipinski definition) is 1. The molecule has 1 nitrogen and oxygen atoms in total. The van der Waals surface area contributed by atoms with Crippen LogP contribution in [0.1, 0.15) is 17.5 Å². The summed E-state index contributed by atoms with van der Waals surface area (Å²) < 4.78 is 0. The van der Waals surface area contributed by atoms with Crippen molar-refractivity contribution in [2.75, 3.05) is 5.32 Å². The maximum absolute atomic E-state index is 3.62. The molecule has 0 radical (unpaired) electrons. The van der Waals surface area contributed by atoms with Gasteiger partial charge in [0.1, 0.15) is 0 Å². The first-order chi connectivity index (χ1) is 10.4. The third-order valence-electron chi connectivity index (χ3n) is 4.12. The van der Waals surface area contributed by atoms with Crippen LogP contribution >= 0.6 is 0 Å². The molecule has 0 fully saturated rings. The third kappa shape index (κ3) is 2.21. The van der Waals surface area contributed by atoms with Crippen LogP contribution in [0.4, 0.5) is 11.4 Å². The van der Waals surface area contributed by atoms with Crippen molar-refractivity contribution < 1.29 is 0 Å². The average molecular weight is 271 g/mol. The fourth-order valence-corrected chi connectivity index (χ4v) is 3.06. The van der Waals surface area contributed by atoms with E-state index in [9.17, 15) is 0 Å². The number of anilines is 2. The van der Waals surface area contributed by atoms with Crippen LogP contribution in [-0.2, 0) is 6.42 Å². The predicted octanol–water partition coefficient (Wildman–Crippen LogP) is 5.54. The predicted molar refractivity (Wildman–Crippen MR) is 91.0 cm³/mol. The summed E-state index contributed by atoms with van der Waals surface area (Å²) in [5.41, 5.74) is 5.12. The lowest BCUT2D eigenvalue weighted by molar-refractivity contribution is 0.986. The Balaban J connectivity index is 1.81. The lowest BCUT2D eigenvalue weighted by atomic mass is 9.95. The van der Waals surface area contributed by atoms with Crippen molar-refractivity contribution in [2.45, 2.75) is 12.8 Å². The van der Waals surface area contributed by atoms with Crippen molar-refractivity contribution in [3.63, 3.8) is 0 Å². The molecule has 0 unspecified atom stereocenters. The average Bonchev–Trinajstić information content (AvgIpc) is 2.56. The van der Waals surface area contributed by atoms with Gasteiger partial charge in [-0.25, -0.2) is 0 Å². The van der Waals surface area contributed by atoms with Gasteiger partial charge in [0, 0.05) is 22.3 Å². The van der Waals surface area contributed by atoms with Crippen LogP contribution in [-0.4, -0.2) is 0 Å². The maximum Gasteiger partial charge on any atom is 0.0464 e. The molecule has 1 N–H and O–H groups in total. The lowest BCUT2D eigenvalue weighted by Gasteiger charge is -2.17. The molecule has 0 bridgehead atoms. The van der Waals surface area contributed by atoms with E-state index in [1.165, 1.54) is 33.3 Å². The van der Waals surface area contributed by atoms with Crippen molar-refractivity contribution in [2.24, 2.45) is 0 Å². The standard InChI is InChI=1S/C20H17N/c1-3-11-17-15(7-1)9-5-13-19(17)21-20-14-6-10-16-8-2-4-12-18(16)20/h1,3-7,9-14,21H,2,8H2. The molecule has 102 valence electrons. The van der Waals surface area contributed by atoms with E-state index in [-0.39, 0.29) is 0 Å². The van der Waals surface area contributed by atoms with Crippen molar-refractivity contribution in [1.82, 2.24) is 0 Å². The number of rotatable bonds is 2. The zero-order valence-corrected chi connectivity index (χ0v) is 11.8. The summed E-state index contributed by atoms with van der Waals surface area (Å²) >= 11 is 0. The molecule has 1 heteroatoms. The first kappa shape index (κ1) is 12.2. The first-order valence-corrected chi connectivity index (χ1v) is 7.45. The molecule has 0 atom stereocenters. The third-order valence-corrected chi connectivity index (χ3v) is 4.12. The van der Waals surface area contributed by atoms with E-state index in [0.717, 1.165) is 12.8 Å². The number of allylic oxidation sites excluding steroid dienone is 1. The van der Waals surface area contributed by atoms with E-state index in [1.807, 2.05) is 0 Å². The summed E-state index contributed by atoms with van der Waals surface area (Å²) in [4.78, 5) is 0. The highest BCUT2D eigenvalue weighted by Gasteiger charge is 2.09. The van der Waals surface area contributed by atoms with Crippen LogP contribution in [0.3, 0.4) is 0 Å². The fourth-order valence-electron chi connectivity index (χ4n) is 3.06. The number of hydrogen-bond donors (Lipinski definition) is 1. The van der Waals surface area contributed by atoms with E-state index < -0.39 is 0 Å². The summed E-state index contributed by atoms with van der Waals surface area (Å²) in [6.07, 6.45) is 6.78. The Morgan fingerprint density at radius 3 is 2.57 bits per heavy atom. The number of benzene rings is 3. The van der Waals surface area contributed by atoms with Crippen LogP contribution in [0.15, 0.2) is 66.7 Å². The zero-order valence-electron chi connectivity index (χ0n) is 11.8. The molecule has 3 aromatic rings. The largest absolute Gasteiger partial charge is 0.355 e. The van der Waals surface area contributed by atoms with Gasteiger partial charge in [-0.1, -0.05) is 60.7 Å². The van der Waals surface area contributed by atoms with Crippen LogP contribution in [0.5, 0.6) is 0 Å². The topological polar surface area (TPSA) is 12.0 Å². The van der Waals surface area contributed by atoms with Gasteiger partial charge in [-0.05, 0) is 35.9 Å². The van der Waals surface area contributed by atoms with E-state index in [2.05, 4.69) is 78.1 Å². The van der Waals surface area contributed by atoms with Gasteiger partial charge in [0.25, 0.3) is 0 Å². The summed E-state index contributed by atoms with van der Waals surface area (Å²) in [6.45, 7) is 0. The second-order valence-corrected chi connectivity index (χ2v) is 5.47. The van der Waals surface area contributed by atoms with Crippen LogP contribution in [0.2, 0.25) is 0 Å². The molecule has 0 saturated heterocycles. The molecule has 0 aromatic heterocycles. The second kappa shape index (κ2) is 5.10. The van der Waals surface area contributed by atoms with Crippen molar-refractivity contribution >= 4 is 28.2 Å². The summed E-state index contributed by atoms with van der Waals surface area (Å²) in [5.74, 6) is 0. The molecule has 1 aliphatic carbocycles. The Kier molecular flexibility index (Phi) is 2.97. The second-order valence-electron chi connectivity index (χ2n) is 5.47. The van der Waals surface area contributed by atoms with Crippen LogP contribution in [0, 0.1) is 0 Å². The lowest BCUT2D eigenvalue weighted by Crippen LogP contribution is -2.00. The number of nitrogens with one attached hydrogen (secondary N) is 1. The molecular weight excluding hydrogens is 254 g/mol.